The number of carbonyl (C=O) groups excluding carboxylic acids is 1. The zero-order valence-corrected chi connectivity index (χ0v) is 20.2. The molecule has 0 aromatic heterocycles. The number of benzene rings is 1. The first-order valence-electron chi connectivity index (χ1n) is 12.9. The fourth-order valence-corrected chi connectivity index (χ4v) is 5.92. The van der Waals surface area contributed by atoms with Crippen LogP contribution in [0.1, 0.15) is 38.7 Å². The molecule has 33 heavy (non-hydrogen) atoms. The lowest BCUT2D eigenvalue weighted by molar-refractivity contribution is -0.115. The summed E-state index contributed by atoms with van der Waals surface area (Å²) in [5.74, 6) is 0.0858. The van der Waals surface area contributed by atoms with Crippen molar-refractivity contribution >= 4 is 11.6 Å². The van der Waals surface area contributed by atoms with Crippen LogP contribution in [-0.4, -0.2) is 84.7 Å². The van der Waals surface area contributed by atoms with Crippen molar-refractivity contribution < 1.29 is 4.79 Å². The largest absolute Gasteiger partial charge is 0.362 e. The molecule has 2 fully saturated rings. The number of piperidine rings is 1. The Morgan fingerprint density at radius 1 is 0.970 bits per heavy atom. The number of amides is 1. The van der Waals surface area contributed by atoms with Crippen LogP contribution in [0.2, 0.25) is 0 Å². The molecule has 1 N–H and O–H groups in total. The first kappa shape index (κ1) is 22.6. The molecule has 5 rings (SSSR count). The van der Waals surface area contributed by atoms with E-state index in [2.05, 4.69) is 64.2 Å². The van der Waals surface area contributed by atoms with Gasteiger partial charge in [0.2, 0.25) is 0 Å². The summed E-state index contributed by atoms with van der Waals surface area (Å²) < 4.78 is 0. The highest BCUT2D eigenvalue weighted by Gasteiger charge is 2.31. The number of hydrogen-bond donors (Lipinski definition) is 1. The van der Waals surface area contributed by atoms with Crippen molar-refractivity contribution in [3.05, 3.63) is 53.8 Å². The third-order valence-electron chi connectivity index (χ3n) is 7.93. The minimum absolute atomic E-state index is 0.0858. The average molecular weight is 450 g/mol. The number of nitrogens with zero attached hydrogens (tertiary/aromatic N) is 4. The van der Waals surface area contributed by atoms with E-state index in [0.29, 0.717) is 11.7 Å². The molecule has 4 aliphatic rings. The number of para-hydroxylation sites is 1. The van der Waals surface area contributed by atoms with Crippen LogP contribution in [-0.2, 0) is 11.2 Å². The van der Waals surface area contributed by atoms with Crippen LogP contribution in [0.4, 0.5) is 5.69 Å². The Bertz CT molecular complexity index is 902. The van der Waals surface area contributed by atoms with Gasteiger partial charge in [0, 0.05) is 44.0 Å². The Hall–Kier alpha value is -2.15. The van der Waals surface area contributed by atoms with Crippen LogP contribution < -0.4 is 10.2 Å². The van der Waals surface area contributed by atoms with Crippen molar-refractivity contribution in [2.75, 3.05) is 50.7 Å². The van der Waals surface area contributed by atoms with Crippen molar-refractivity contribution in [1.29, 1.82) is 0 Å². The van der Waals surface area contributed by atoms with Crippen molar-refractivity contribution in [2.24, 2.45) is 0 Å². The molecule has 0 radical (unpaired) electrons. The summed E-state index contributed by atoms with van der Waals surface area (Å²) in [6, 6.07) is 9.65. The lowest BCUT2D eigenvalue weighted by atomic mass is 10.0. The van der Waals surface area contributed by atoms with Gasteiger partial charge in [0.15, 0.2) is 0 Å². The molecule has 178 valence electrons. The fourth-order valence-electron chi connectivity index (χ4n) is 5.92. The Kier molecular flexibility index (Phi) is 6.86. The maximum absolute atomic E-state index is 13.3. The van der Waals surface area contributed by atoms with Gasteiger partial charge in [-0.05, 0) is 82.9 Å². The summed E-state index contributed by atoms with van der Waals surface area (Å²) in [6.45, 7) is 12.3. The summed E-state index contributed by atoms with van der Waals surface area (Å²) in [5.41, 5.74) is 3.03. The highest BCUT2D eigenvalue weighted by molar-refractivity contribution is 6.06. The molecule has 6 heteroatoms. The summed E-state index contributed by atoms with van der Waals surface area (Å²) in [4.78, 5) is 23.1. The number of likely N-dealkylation sites (tertiary alicyclic amines) is 1. The topological polar surface area (TPSA) is 42.1 Å². The zero-order valence-electron chi connectivity index (χ0n) is 20.2. The molecule has 2 saturated heterocycles. The number of rotatable bonds is 4. The van der Waals surface area contributed by atoms with E-state index in [-0.39, 0.29) is 12.1 Å². The lowest BCUT2D eigenvalue weighted by Gasteiger charge is -2.40. The standard InChI is InChI=1S/C27H39N5O/c1-21(2)29-16-12-23(13-17-29)30-14-6-15-31(20-19-30)26-10-5-8-24(28-26)27(33)32-18-11-22-7-3-4-9-25(22)32/h3-5,7-10,21,23,26,28H,6,11-20H2,1-2H3. The lowest BCUT2D eigenvalue weighted by Crippen LogP contribution is -2.50. The molecule has 0 saturated carbocycles. The predicted octanol–water partition coefficient (Wildman–Crippen LogP) is 2.83. The summed E-state index contributed by atoms with van der Waals surface area (Å²) in [5, 5.41) is 3.55. The molecule has 1 amide bonds. The molecule has 0 bridgehead atoms. The van der Waals surface area contributed by atoms with Crippen LogP contribution in [0.25, 0.3) is 0 Å². The normalized spacial score (nSPS) is 25.6. The van der Waals surface area contributed by atoms with Crippen molar-refractivity contribution in [2.45, 2.75) is 57.8 Å². The summed E-state index contributed by atoms with van der Waals surface area (Å²) in [7, 11) is 0. The number of fused-ring (bicyclic) bond motifs is 1. The second-order valence-corrected chi connectivity index (χ2v) is 10.2. The molecule has 1 unspecified atom stereocenters. The zero-order chi connectivity index (χ0) is 22.8. The second kappa shape index (κ2) is 10.00. The van der Waals surface area contributed by atoms with E-state index in [1.807, 2.05) is 17.0 Å². The Balaban J connectivity index is 1.16. The maximum Gasteiger partial charge on any atom is 0.274 e. The molecule has 0 aliphatic carbocycles. The molecular formula is C27H39N5O. The van der Waals surface area contributed by atoms with E-state index in [0.717, 1.165) is 44.3 Å². The minimum atomic E-state index is 0.0858. The van der Waals surface area contributed by atoms with Gasteiger partial charge in [-0.1, -0.05) is 24.3 Å². The quantitative estimate of drug-likeness (QED) is 0.766. The molecule has 6 nitrogen and oxygen atoms in total. The SMILES string of the molecule is CC(C)N1CCC(N2CCCN(C3C=CC=C(C(=O)N4CCc5ccccc54)N3)CC2)CC1. The molecule has 1 aromatic rings. The third kappa shape index (κ3) is 4.88. The molecule has 1 atom stereocenters. The third-order valence-corrected chi connectivity index (χ3v) is 7.93. The van der Waals surface area contributed by atoms with E-state index in [1.54, 1.807) is 0 Å². The Labute approximate surface area is 198 Å². The van der Waals surface area contributed by atoms with Crippen LogP contribution in [0, 0.1) is 0 Å². The van der Waals surface area contributed by atoms with Crippen molar-refractivity contribution in [1.82, 2.24) is 20.0 Å². The van der Waals surface area contributed by atoms with Crippen molar-refractivity contribution in [3.8, 4) is 0 Å². The highest BCUT2D eigenvalue weighted by atomic mass is 16.2. The maximum atomic E-state index is 13.3. The van der Waals surface area contributed by atoms with E-state index in [1.165, 1.54) is 44.5 Å². The van der Waals surface area contributed by atoms with Gasteiger partial charge in [-0.15, -0.1) is 0 Å². The average Bonchev–Trinajstić information content (AvgIpc) is 3.12. The van der Waals surface area contributed by atoms with Gasteiger partial charge in [-0.2, -0.15) is 0 Å². The predicted molar refractivity (Wildman–Crippen MR) is 134 cm³/mol. The highest BCUT2D eigenvalue weighted by Crippen LogP contribution is 2.29. The molecule has 0 spiro atoms. The number of nitrogens with one attached hydrogen (secondary N) is 1. The second-order valence-electron chi connectivity index (χ2n) is 10.2. The van der Waals surface area contributed by atoms with Crippen LogP contribution in [0.5, 0.6) is 0 Å². The first-order valence-corrected chi connectivity index (χ1v) is 12.9. The monoisotopic (exact) mass is 449 g/mol. The molecule has 1 aromatic carbocycles. The molecule has 4 aliphatic heterocycles. The molecular weight excluding hydrogens is 410 g/mol. The Morgan fingerprint density at radius 3 is 2.55 bits per heavy atom. The van der Waals surface area contributed by atoms with E-state index < -0.39 is 0 Å². The first-order chi connectivity index (χ1) is 16.1. The van der Waals surface area contributed by atoms with Gasteiger partial charge in [-0.25, -0.2) is 0 Å². The Morgan fingerprint density at radius 2 is 1.73 bits per heavy atom. The van der Waals surface area contributed by atoms with E-state index in [9.17, 15) is 4.79 Å². The van der Waals surface area contributed by atoms with E-state index >= 15 is 0 Å². The van der Waals surface area contributed by atoms with Gasteiger partial charge in [0.25, 0.3) is 5.91 Å². The van der Waals surface area contributed by atoms with Gasteiger partial charge in [-0.3, -0.25) is 14.6 Å². The summed E-state index contributed by atoms with van der Waals surface area (Å²) >= 11 is 0. The summed E-state index contributed by atoms with van der Waals surface area (Å²) in [6.07, 6.45) is 11.0. The van der Waals surface area contributed by atoms with E-state index in [4.69, 9.17) is 0 Å². The number of hydrogen-bond acceptors (Lipinski definition) is 5. The van der Waals surface area contributed by atoms with Crippen LogP contribution in [0.15, 0.2) is 48.2 Å². The van der Waals surface area contributed by atoms with Crippen molar-refractivity contribution in [3.63, 3.8) is 0 Å². The van der Waals surface area contributed by atoms with Crippen LogP contribution >= 0.6 is 0 Å². The number of carbonyl (C=O) groups is 1. The fraction of sp³-hybridized carbons (Fsp3) is 0.593. The van der Waals surface area contributed by atoms with Gasteiger partial charge < -0.3 is 15.1 Å². The number of allylic oxidation sites excluding steroid dienone is 2. The molecule has 4 heterocycles. The van der Waals surface area contributed by atoms with Gasteiger partial charge in [0.05, 0.1) is 6.17 Å². The smallest absolute Gasteiger partial charge is 0.274 e. The minimum Gasteiger partial charge on any atom is -0.362 e. The van der Waals surface area contributed by atoms with Crippen LogP contribution in [0.3, 0.4) is 0 Å². The number of dihydropyridines is 1. The van der Waals surface area contributed by atoms with Gasteiger partial charge in [0.1, 0.15) is 5.70 Å². The van der Waals surface area contributed by atoms with Gasteiger partial charge >= 0.3 is 0 Å². The number of anilines is 1.